The minimum atomic E-state index is -0.354. The monoisotopic (exact) mass is 344 g/mol. The first-order chi connectivity index (χ1) is 11.6. The average Bonchev–Trinajstić information content (AvgIpc) is 2.50. The standard InChI is InChI=1S/C19H28N4O2/c1-11-7-13(9-19(3,4)8-11)21-15-12(2)10-20-16-14(15)17(24)23(6)18(25)22(16)5/h10-11,13H,7-9H2,1-6H3,(H,20,21). The summed E-state index contributed by atoms with van der Waals surface area (Å²) in [5.74, 6) is 0.641. The summed E-state index contributed by atoms with van der Waals surface area (Å²) in [5.41, 5.74) is 1.82. The number of anilines is 1. The molecule has 6 heteroatoms. The van der Waals surface area contributed by atoms with Gasteiger partial charge in [0.2, 0.25) is 0 Å². The lowest BCUT2D eigenvalue weighted by Crippen LogP contribution is -2.39. The Bertz CT molecular complexity index is 939. The Morgan fingerprint density at radius 3 is 2.52 bits per heavy atom. The van der Waals surface area contributed by atoms with Crippen molar-refractivity contribution in [3.8, 4) is 0 Å². The third kappa shape index (κ3) is 3.10. The molecule has 0 aromatic carbocycles. The molecular weight excluding hydrogens is 316 g/mol. The maximum absolute atomic E-state index is 12.8. The predicted octanol–water partition coefficient (Wildman–Crippen LogP) is 2.57. The van der Waals surface area contributed by atoms with Crippen LogP contribution in [0.5, 0.6) is 0 Å². The van der Waals surface area contributed by atoms with Crippen LogP contribution in [0.2, 0.25) is 0 Å². The molecule has 136 valence electrons. The molecule has 25 heavy (non-hydrogen) atoms. The molecule has 2 aromatic rings. The Hall–Kier alpha value is -2.11. The molecule has 2 aromatic heterocycles. The highest BCUT2D eigenvalue weighted by Gasteiger charge is 2.32. The Labute approximate surface area is 147 Å². The largest absolute Gasteiger partial charge is 0.381 e. The Kier molecular flexibility index (Phi) is 4.25. The van der Waals surface area contributed by atoms with Crippen molar-refractivity contribution in [3.63, 3.8) is 0 Å². The van der Waals surface area contributed by atoms with Gasteiger partial charge < -0.3 is 5.32 Å². The van der Waals surface area contributed by atoms with E-state index in [2.05, 4.69) is 31.1 Å². The van der Waals surface area contributed by atoms with Crippen molar-refractivity contribution in [2.75, 3.05) is 5.32 Å². The van der Waals surface area contributed by atoms with Gasteiger partial charge in [0.25, 0.3) is 5.56 Å². The van der Waals surface area contributed by atoms with Gasteiger partial charge in [0.15, 0.2) is 5.65 Å². The van der Waals surface area contributed by atoms with Crippen molar-refractivity contribution in [1.29, 1.82) is 0 Å². The summed E-state index contributed by atoms with van der Waals surface area (Å²) in [5, 5.41) is 4.12. The van der Waals surface area contributed by atoms with Gasteiger partial charge in [0.1, 0.15) is 5.39 Å². The second-order valence-electron chi connectivity index (χ2n) is 8.48. The van der Waals surface area contributed by atoms with Gasteiger partial charge in [-0.15, -0.1) is 0 Å². The van der Waals surface area contributed by atoms with Crippen LogP contribution < -0.4 is 16.6 Å². The van der Waals surface area contributed by atoms with Crippen LogP contribution in [-0.4, -0.2) is 20.2 Å². The molecule has 1 aliphatic rings. The summed E-state index contributed by atoms with van der Waals surface area (Å²) < 4.78 is 2.59. The lowest BCUT2D eigenvalue weighted by atomic mass is 9.70. The van der Waals surface area contributed by atoms with Gasteiger partial charge in [0, 0.05) is 26.3 Å². The van der Waals surface area contributed by atoms with Crippen LogP contribution in [0.1, 0.15) is 45.6 Å². The van der Waals surface area contributed by atoms with Crippen molar-refractivity contribution >= 4 is 16.7 Å². The molecule has 0 bridgehead atoms. The maximum Gasteiger partial charge on any atom is 0.332 e. The van der Waals surface area contributed by atoms with Crippen LogP contribution in [0.25, 0.3) is 11.0 Å². The van der Waals surface area contributed by atoms with E-state index in [0.29, 0.717) is 23.0 Å². The predicted molar refractivity (Wildman–Crippen MR) is 101 cm³/mol. The minimum Gasteiger partial charge on any atom is -0.381 e. The molecule has 1 N–H and O–H groups in total. The van der Waals surface area contributed by atoms with E-state index in [0.717, 1.165) is 28.7 Å². The highest BCUT2D eigenvalue weighted by atomic mass is 16.2. The Morgan fingerprint density at radius 1 is 1.20 bits per heavy atom. The van der Waals surface area contributed by atoms with Gasteiger partial charge in [-0.3, -0.25) is 13.9 Å². The lowest BCUT2D eigenvalue weighted by molar-refractivity contribution is 0.178. The molecule has 0 aliphatic heterocycles. The number of nitrogens with one attached hydrogen (secondary N) is 1. The first-order valence-corrected chi connectivity index (χ1v) is 8.92. The highest BCUT2D eigenvalue weighted by Crippen LogP contribution is 2.40. The van der Waals surface area contributed by atoms with Crippen LogP contribution >= 0.6 is 0 Å². The molecule has 1 saturated carbocycles. The molecular formula is C19H28N4O2. The molecule has 1 aliphatic carbocycles. The van der Waals surface area contributed by atoms with E-state index < -0.39 is 0 Å². The second kappa shape index (κ2) is 6.00. The fourth-order valence-corrected chi connectivity index (χ4v) is 4.47. The van der Waals surface area contributed by atoms with Gasteiger partial charge in [-0.1, -0.05) is 20.8 Å². The molecule has 0 amide bonds. The molecule has 0 spiro atoms. The Balaban J connectivity index is 2.15. The van der Waals surface area contributed by atoms with Crippen molar-refractivity contribution < 1.29 is 0 Å². The van der Waals surface area contributed by atoms with E-state index in [4.69, 9.17) is 0 Å². The molecule has 1 fully saturated rings. The molecule has 0 radical (unpaired) electrons. The number of rotatable bonds is 2. The molecule has 2 unspecified atom stereocenters. The second-order valence-corrected chi connectivity index (χ2v) is 8.48. The van der Waals surface area contributed by atoms with Crippen LogP contribution in [0, 0.1) is 18.3 Å². The SMILES string of the molecule is Cc1cnc2c(c1NC1CC(C)CC(C)(C)C1)c(=O)n(C)c(=O)n2C. The number of nitrogens with zero attached hydrogens (tertiary/aromatic N) is 3. The van der Waals surface area contributed by atoms with Crippen molar-refractivity contribution in [2.45, 2.75) is 53.0 Å². The number of hydrogen-bond donors (Lipinski definition) is 1. The van der Waals surface area contributed by atoms with Crippen LogP contribution in [-0.2, 0) is 14.1 Å². The van der Waals surface area contributed by atoms with Gasteiger partial charge in [-0.2, -0.15) is 0 Å². The summed E-state index contributed by atoms with van der Waals surface area (Å²) >= 11 is 0. The molecule has 3 rings (SSSR count). The highest BCUT2D eigenvalue weighted by molar-refractivity contribution is 5.90. The van der Waals surface area contributed by atoms with Gasteiger partial charge in [0.05, 0.1) is 5.69 Å². The normalized spacial score (nSPS) is 23.0. The summed E-state index contributed by atoms with van der Waals surface area (Å²) in [6, 6.07) is 0.310. The zero-order chi connectivity index (χ0) is 18.5. The van der Waals surface area contributed by atoms with Crippen LogP contribution in [0.15, 0.2) is 15.8 Å². The van der Waals surface area contributed by atoms with E-state index in [1.165, 1.54) is 18.0 Å². The molecule has 6 nitrogen and oxygen atoms in total. The zero-order valence-corrected chi connectivity index (χ0v) is 16.0. The van der Waals surface area contributed by atoms with Crippen LogP contribution in [0.4, 0.5) is 5.69 Å². The number of fused-ring (bicyclic) bond motifs is 1. The van der Waals surface area contributed by atoms with E-state index >= 15 is 0 Å². The fraction of sp³-hybridized carbons (Fsp3) is 0.632. The number of pyridine rings is 1. The summed E-state index contributed by atoms with van der Waals surface area (Å²) in [6.07, 6.45) is 5.10. The summed E-state index contributed by atoms with van der Waals surface area (Å²) in [7, 11) is 3.17. The van der Waals surface area contributed by atoms with Crippen molar-refractivity contribution in [2.24, 2.45) is 25.4 Å². The third-order valence-electron chi connectivity index (χ3n) is 5.39. The van der Waals surface area contributed by atoms with Crippen LogP contribution in [0.3, 0.4) is 0 Å². The van der Waals surface area contributed by atoms with Gasteiger partial charge in [-0.05, 0) is 43.1 Å². The van der Waals surface area contributed by atoms with E-state index in [1.807, 2.05) is 6.92 Å². The number of hydrogen-bond acceptors (Lipinski definition) is 4. The summed E-state index contributed by atoms with van der Waals surface area (Å²) in [4.78, 5) is 29.3. The van der Waals surface area contributed by atoms with E-state index in [-0.39, 0.29) is 16.7 Å². The van der Waals surface area contributed by atoms with E-state index in [9.17, 15) is 9.59 Å². The number of aromatic nitrogens is 3. The molecule has 0 saturated heterocycles. The first kappa shape index (κ1) is 17.7. The quantitative estimate of drug-likeness (QED) is 0.909. The number of aryl methyl sites for hydroxylation is 2. The maximum atomic E-state index is 12.8. The first-order valence-electron chi connectivity index (χ1n) is 8.92. The Morgan fingerprint density at radius 2 is 1.88 bits per heavy atom. The van der Waals surface area contributed by atoms with Crippen molar-refractivity contribution in [1.82, 2.24) is 14.1 Å². The van der Waals surface area contributed by atoms with Gasteiger partial charge >= 0.3 is 5.69 Å². The smallest absolute Gasteiger partial charge is 0.332 e. The average molecular weight is 344 g/mol. The molecule has 2 heterocycles. The zero-order valence-electron chi connectivity index (χ0n) is 16.0. The van der Waals surface area contributed by atoms with E-state index in [1.54, 1.807) is 13.2 Å². The molecule has 2 atom stereocenters. The van der Waals surface area contributed by atoms with Crippen molar-refractivity contribution in [3.05, 3.63) is 32.6 Å². The fourth-order valence-electron chi connectivity index (χ4n) is 4.47. The third-order valence-corrected chi connectivity index (χ3v) is 5.39. The summed E-state index contributed by atoms with van der Waals surface area (Å²) in [6.45, 7) is 8.85. The van der Waals surface area contributed by atoms with Gasteiger partial charge in [-0.25, -0.2) is 9.78 Å². The topological polar surface area (TPSA) is 68.9 Å². The minimum absolute atomic E-state index is 0.282. The lowest BCUT2D eigenvalue weighted by Gasteiger charge is -2.40.